The summed E-state index contributed by atoms with van der Waals surface area (Å²) in [6, 6.07) is 24.6. The third-order valence-corrected chi connectivity index (χ3v) is 7.99. The van der Waals surface area contributed by atoms with E-state index in [2.05, 4.69) is 10.3 Å². The second-order valence-corrected chi connectivity index (χ2v) is 10.9. The number of aromatic nitrogens is 1. The molecule has 4 amide bonds. The van der Waals surface area contributed by atoms with E-state index in [1.54, 1.807) is 38.1 Å². The summed E-state index contributed by atoms with van der Waals surface area (Å²) in [4.78, 5) is 49.3. The SMILES string of the molecule is CCCN(C(=O)NCc1ccccc1)N1CC(=O)N2C1CN(Cc1cccc3cccnc13)C(=O)[C@@H]2c1cccc(O)c1. The van der Waals surface area contributed by atoms with Crippen LogP contribution in [0.5, 0.6) is 5.75 Å². The number of aromatic hydroxyl groups is 1. The molecule has 4 aromatic rings. The smallest absolute Gasteiger partial charge is 0.332 e. The molecule has 43 heavy (non-hydrogen) atoms. The molecular weight excluding hydrogens is 544 g/mol. The molecule has 220 valence electrons. The van der Waals surface area contributed by atoms with Crippen molar-refractivity contribution in [2.45, 2.75) is 38.6 Å². The third kappa shape index (κ3) is 5.61. The van der Waals surface area contributed by atoms with E-state index in [1.165, 1.54) is 12.1 Å². The van der Waals surface area contributed by atoms with Gasteiger partial charge in [-0.25, -0.2) is 4.79 Å². The monoisotopic (exact) mass is 578 g/mol. The van der Waals surface area contributed by atoms with E-state index in [0.29, 0.717) is 25.1 Å². The summed E-state index contributed by atoms with van der Waals surface area (Å²) in [7, 11) is 0. The second-order valence-electron chi connectivity index (χ2n) is 10.9. The van der Waals surface area contributed by atoms with Crippen LogP contribution in [-0.4, -0.2) is 73.6 Å². The van der Waals surface area contributed by atoms with Gasteiger partial charge in [0.1, 0.15) is 18.0 Å². The predicted octanol–water partition coefficient (Wildman–Crippen LogP) is 4.03. The van der Waals surface area contributed by atoms with E-state index in [0.717, 1.165) is 22.0 Å². The van der Waals surface area contributed by atoms with Gasteiger partial charge in [0.25, 0.3) is 5.91 Å². The van der Waals surface area contributed by atoms with Gasteiger partial charge >= 0.3 is 6.03 Å². The predicted molar refractivity (Wildman–Crippen MR) is 161 cm³/mol. The Morgan fingerprint density at radius 2 is 1.81 bits per heavy atom. The Hall–Kier alpha value is -4.96. The Morgan fingerprint density at radius 1 is 1.02 bits per heavy atom. The maximum absolute atomic E-state index is 14.2. The van der Waals surface area contributed by atoms with Gasteiger partial charge in [-0.1, -0.05) is 73.7 Å². The van der Waals surface area contributed by atoms with Gasteiger partial charge in [-0.15, -0.1) is 0 Å². The van der Waals surface area contributed by atoms with E-state index in [9.17, 15) is 19.5 Å². The normalized spacial score (nSPS) is 18.6. The number of phenols is 1. The van der Waals surface area contributed by atoms with Gasteiger partial charge in [0, 0.05) is 31.2 Å². The quantitative estimate of drug-likeness (QED) is 0.327. The van der Waals surface area contributed by atoms with Crippen molar-refractivity contribution in [2.75, 3.05) is 19.6 Å². The maximum atomic E-state index is 14.2. The van der Waals surface area contributed by atoms with Crippen molar-refractivity contribution < 1.29 is 19.5 Å². The number of carbonyl (C=O) groups is 3. The zero-order chi connectivity index (χ0) is 29.9. The molecule has 2 aliphatic rings. The highest BCUT2D eigenvalue weighted by Crippen LogP contribution is 2.37. The number of amides is 4. The number of carbonyl (C=O) groups excluding carboxylic acids is 3. The molecule has 2 aliphatic heterocycles. The summed E-state index contributed by atoms with van der Waals surface area (Å²) in [6.07, 6.45) is 1.82. The first-order valence-corrected chi connectivity index (χ1v) is 14.5. The van der Waals surface area contributed by atoms with E-state index < -0.39 is 12.2 Å². The highest BCUT2D eigenvalue weighted by Gasteiger charge is 2.52. The number of hydrazine groups is 1. The Kier molecular flexibility index (Phi) is 7.93. The molecule has 1 unspecified atom stereocenters. The molecule has 3 aromatic carbocycles. The average Bonchev–Trinajstić information content (AvgIpc) is 3.34. The number of phenolic OH excluding ortho intramolecular Hbond substituents is 1. The molecule has 0 radical (unpaired) electrons. The average molecular weight is 579 g/mol. The summed E-state index contributed by atoms with van der Waals surface area (Å²) in [5, 5.41) is 17.6. The molecule has 3 heterocycles. The molecule has 1 aromatic heterocycles. The summed E-state index contributed by atoms with van der Waals surface area (Å²) >= 11 is 0. The minimum Gasteiger partial charge on any atom is -0.508 e. The van der Waals surface area contributed by atoms with Crippen molar-refractivity contribution in [1.29, 1.82) is 0 Å². The molecule has 10 nitrogen and oxygen atoms in total. The van der Waals surface area contributed by atoms with Crippen LogP contribution < -0.4 is 5.32 Å². The van der Waals surface area contributed by atoms with Gasteiger partial charge < -0.3 is 20.2 Å². The standard InChI is InChI=1S/C33H34N6O4/c1-2-17-37(33(43)35-19-23-9-4-3-5-10-23)38-22-29(41)39-28(38)21-36(32(42)31(39)25-12-7-15-27(40)18-25)20-26-13-6-11-24-14-8-16-34-30(24)26/h3-16,18,28,31,40H,2,17,19-22H2,1H3,(H,35,43)/t28?,31-/m0/s1. The summed E-state index contributed by atoms with van der Waals surface area (Å²) < 4.78 is 0. The summed E-state index contributed by atoms with van der Waals surface area (Å²) in [6.45, 7) is 3.16. The first kappa shape index (κ1) is 28.2. The van der Waals surface area contributed by atoms with E-state index in [4.69, 9.17) is 0 Å². The molecule has 0 saturated carbocycles. The molecule has 10 heteroatoms. The van der Waals surface area contributed by atoms with Crippen molar-refractivity contribution in [2.24, 2.45) is 0 Å². The van der Waals surface area contributed by atoms with Crippen molar-refractivity contribution in [3.8, 4) is 5.75 Å². The van der Waals surface area contributed by atoms with Gasteiger partial charge in [-0.05, 0) is 41.3 Å². The number of rotatable bonds is 8. The van der Waals surface area contributed by atoms with Gasteiger partial charge in [0.2, 0.25) is 5.91 Å². The van der Waals surface area contributed by atoms with Crippen molar-refractivity contribution in [3.63, 3.8) is 0 Å². The minimum atomic E-state index is -0.956. The number of hydrogen-bond acceptors (Lipinski definition) is 6. The molecule has 2 saturated heterocycles. The van der Waals surface area contributed by atoms with Crippen molar-refractivity contribution in [3.05, 3.63) is 108 Å². The van der Waals surface area contributed by atoms with Crippen LogP contribution in [0.1, 0.15) is 36.1 Å². The van der Waals surface area contributed by atoms with Gasteiger partial charge in [-0.2, -0.15) is 5.01 Å². The molecular formula is C33H34N6O4. The van der Waals surface area contributed by atoms with Crippen LogP contribution in [0.15, 0.2) is 91.1 Å². The van der Waals surface area contributed by atoms with Crippen LogP contribution in [-0.2, 0) is 22.7 Å². The molecule has 2 N–H and O–H groups in total. The molecule has 0 aliphatic carbocycles. The lowest BCUT2D eigenvalue weighted by Crippen LogP contribution is -2.62. The lowest BCUT2D eigenvalue weighted by molar-refractivity contribution is -0.158. The lowest BCUT2D eigenvalue weighted by Gasteiger charge is -2.46. The minimum absolute atomic E-state index is 0.00799. The number of para-hydroxylation sites is 1. The van der Waals surface area contributed by atoms with Crippen LogP contribution in [0.2, 0.25) is 0 Å². The lowest BCUT2D eigenvalue weighted by atomic mass is 9.99. The Balaban J connectivity index is 1.34. The number of nitrogens with zero attached hydrogens (tertiary/aromatic N) is 5. The zero-order valence-electron chi connectivity index (χ0n) is 24.0. The molecule has 2 atom stereocenters. The number of hydrogen-bond donors (Lipinski definition) is 2. The van der Waals surface area contributed by atoms with Crippen LogP contribution in [0.3, 0.4) is 0 Å². The number of benzene rings is 3. The number of pyridine rings is 1. The third-order valence-electron chi connectivity index (χ3n) is 7.99. The molecule has 0 bridgehead atoms. The fourth-order valence-electron chi connectivity index (χ4n) is 6.02. The van der Waals surface area contributed by atoms with Crippen molar-refractivity contribution >= 4 is 28.7 Å². The van der Waals surface area contributed by atoms with Gasteiger partial charge in [0.05, 0.1) is 18.6 Å². The van der Waals surface area contributed by atoms with Crippen LogP contribution in [0.25, 0.3) is 10.9 Å². The number of fused-ring (bicyclic) bond motifs is 2. The van der Waals surface area contributed by atoms with E-state index >= 15 is 0 Å². The topological polar surface area (TPSA) is 109 Å². The summed E-state index contributed by atoms with van der Waals surface area (Å²) in [5.41, 5.74) is 3.17. The number of nitrogens with one attached hydrogen (secondary N) is 1. The van der Waals surface area contributed by atoms with E-state index in [-0.39, 0.29) is 43.2 Å². The number of piperazine rings is 1. The Bertz CT molecular complexity index is 1640. The molecule has 6 rings (SSSR count). The van der Waals surface area contributed by atoms with Crippen LogP contribution in [0.4, 0.5) is 4.79 Å². The Labute approximate surface area is 250 Å². The second kappa shape index (κ2) is 12.1. The molecule has 0 spiro atoms. The fourth-order valence-corrected chi connectivity index (χ4v) is 6.02. The van der Waals surface area contributed by atoms with Crippen LogP contribution in [0, 0.1) is 0 Å². The zero-order valence-corrected chi connectivity index (χ0v) is 24.0. The van der Waals surface area contributed by atoms with E-state index in [1.807, 2.05) is 67.6 Å². The molecule has 2 fully saturated rings. The maximum Gasteiger partial charge on any atom is 0.332 e. The largest absolute Gasteiger partial charge is 0.508 e. The summed E-state index contributed by atoms with van der Waals surface area (Å²) in [5.74, 6) is -0.496. The highest BCUT2D eigenvalue weighted by molar-refractivity contribution is 5.93. The van der Waals surface area contributed by atoms with Gasteiger partial charge in [0.15, 0.2) is 0 Å². The van der Waals surface area contributed by atoms with Gasteiger partial charge in [-0.3, -0.25) is 19.6 Å². The Morgan fingerprint density at radius 3 is 2.60 bits per heavy atom. The first-order valence-electron chi connectivity index (χ1n) is 14.5. The fraction of sp³-hybridized carbons (Fsp3) is 0.273. The highest BCUT2D eigenvalue weighted by atomic mass is 16.3. The number of urea groups is 1. The van der Waals surface area contributed by atoms with Crippen molar-refractivity contribution in [1.82, 2.24) is 30.1 Å². The first-order chi connectivity index (χ1) is 20.9. The van der Waals surface area contributed by atoms with Crippen LogP contribution >= 0.6 is 0 Å².